The number of rotatable bonds is 3. The maximum Gasteiger partial charge on any atom is 0.338 e. The molecule has 0 aliphatic carbocycles. The molecule has 0 heterocycles. The number of esters is 1. The molecule has 18 heavy (non-hydrogen) atoms. The number of ether oxygens (including phenoxy) is 1. The fourth-order valence-electron chi connectivity index (χ4n) is 1.46. The Morgan fingerprint density at radius 3 is 2.44 bits per heavy atom. The lowest BCUT2D eigenvalue weighted by molar-refractivity contribution is -0.0733. The molecule has 0 fully saturated rings. The van der Waals surface area contributed by atoms with Gasteiger partial charge < -0.3 is 15.7 Å². The molecule has 1 aromatic rings. The molecule has 0 radical (unpaired) electrons. The predicted octanol–water partition coefficient (Wildman–Crippen LogP) is 2.21. The second-order valence-corrected chi connectivity index (χ2v) is 3.67. The molecule has 0 saturated carbocycles. The van der Waals surface area contributed by atoms with E-state index >= 15 is 0 Å². The molecule has 0 spiro atoms. The summed E-state index contributed by atoms with van der Waals surface area (Å²) in [5.41, 5.74) is 8.19. The van der Waals surface area contributed by atoms with E-state index < -0.39 is 5.97 Å². The lowest BCUT2D eigenvalue weighted by atomic mass is 10.0. The number of hydrogen-bond donors (Lipinski definition) is 2. The molecule has 1 aromatic carbocycles. The third-order valence-electron chi connectivity index (χ3n) is 2.30. The van der Waals surface area contributed by atoms with E-state index in [4.69, 9.17) is 5.73 Å². The summed E-state index contributed by atoms with van der Waals surface area (Å²) in [7, 11) is 2.82. The maximum absolute atomic E-state index is 11.5. The maximum atomic E-state index is 11.5. The zero-order valence-corrected chi connectivity index (χ0v) is 11.7. The first-order valence-electron chi connectivity index (χ1n) is 5.83. The summed E-state index contributed by atoms with van der Waals surface area (Å²) >= 11 is 0. The van der Waals surface area contributed by atoms with Crippen molar-refractivity contribution in [3.8, 4) is 0 Å². The molecule has 0 atom stereocenters. The molecule has 0 saturated heterocycles. The smallest absolute Gasteiger partial charge is 0.338 e. The number of hydrogen-bond acceptors (Lipinski definition) is 5. The van der Waals surface area contributed by atoms with Crippen LogP contribution in [0.1, 0.15) is 35.3 Å². The van der Waals surface area contributed by atoms with Crippen LogP contribution in [0.15, 0.2) is 12.1 Å². The second kappa shape index (κ2) is 7.68. The topological polar surface area (TPSA) is 75.8 Å². The first kappa shape index (κ1) is 16.4. The van der Waals surface area contributed by atoms with Gasteiger partial charge in [-0.3, -0.25) is 0 Å². The van der Waals surface area contributed by atoms with Gasteiger partial charge in [-0.2, -0.15) is 5.06 Å². The van der Waals surface area contributed by atoms with Crippen molar-refractivity contribution in [3.05, 3.63) is 28.8 Å². The van der Waals surface area contributed by atoms with Crippen molar-refractivity contribution in [2.45, 2.75) is 27.3 Å². The first-order valence-corrected chi connectivity index (χ1v) is 5.83. The second-order valence-electron chi connectivity index (χ2n) is 3.67. The monoisotopic (exact) mass is 254 g/mol. The average Bonchev–Trinajstić information content (AvgIpc) is 2.34. The van der Waals surface area contributed by atoms with Crippen molar-refractivity contribution >= 4 is 11.7 Å². The summed E-state index contributed by atoms with van der Waals surface area (Å²) < 4.78 is 4.66. The molecule has 5 nitrogen and oxygen atoms in total. The van der Waals surface area contributed by atoms with Crippen LogP contribution in [0.4, 0.5) is 5.69 Å². The number of nitrogens with two attached hydrogens (primary N) is 1. The lowest BCUT2D eigenvalue weighted by Gasteiger charge is -2.14. The standard InChI is InChI=1S/C11H16N2O3.C2H6/c1-7-4-8(6-13(2)15)9(5-10(7)12)11(14)16-3;1-2/h4-5,15H,6,12H2,1-3H3;1-2H3. The Balaban J connectivity index is 0.00000137. The highest BCUT2D eigenvalue weighted by atomic mass is 16.5. The van der Waals surface area contributed by atoms with Gasteiger partial charge in [-0.15, -0.1) is 0 Å². The van der Waals surface area contributed by atoms with E-state index in [-0.39, 0.29) is 6.54 Å². The Bertz CT molecular complexity index is 403. The number of hydroxylamine groups is 2. The summed E-state index contributed by atoms with van der Waals surface area (Å²) in [4.78, 5) is 11.5. The van der Waals surface area contributed by atoms with E-state index in [2.05, 4.69) is 4.74 Å². The molecule has 0 amide bonds. The van der Waals surface area contributed by atoms with Gasteiger partial charge in [-0.25, -0.2) is 4.79 Å². The zero-order chi connectivity index (χ0) is 14.3. The largest absolute Gasteiger partial charge is 0.465 e. The SMILES string of the molecule is CC.COC(=O)c1cc(N)c(C)cc1CN(C)O. The number of nitrogens with zero attached hydrogens (tertiary/aromatic N) is 1. The third-order valence-corrected chi connectivity index (χ3v) is 2.30. The van der Waals surface area contributed by atoms with Crippen LogP contribution in [0.2, 0.25) is 0 Å². The van der Waals surface area contributed by atoms with Crippen molar-refractivity contribution in [1.82, 2.24) is 5.06 Å². The Morgan fingerprint density at radius 1 is 1.44 bits per heavy atom. The van der Waals surface area contributed by atoms with Crippen LogP contribution in [0, 0.1) is 6.92 Å². The van der Waals surface area contributed by atoms with Crippen LogP contribution >= 0.6 is 0 Å². The number of nitrogen functional groups attached to an aromatic ring is 1. The Morgan fingerprint density at radius 2 is 2.00 bits per heavy atom. The molecular weight excluding hydrogens is 232 g/mol. The van der Waals surface area contributed by atoms with E-state index in [0.29, 0.717) is 16.8 Å². The van der Waals surface area contributed by atoms with Gasteiger partial charge in [0, 0.05) is 19.3 Å². The molecule has 0 bridgehead atoms. The molecular formula is C13H22N2O3. The number of benzene rings is 1. The third kappa shape index (κ3) is 4.35. The number of anilines is 1. The Labute approximate surface area is 108 Å². The van der Waals surface area contributed by atoms with E-state index in [9.17, 15) is 10.0 Å². The Hall–Kier alpha value is -1.59. The van der Waals surface area contributed by atoms with Gasteiger partial charge in [-0.1, -0.05) is 19.9 Å². The molecule has 1 rings (SSSR count). The van der Waals surface area contributed by atoms with Crippen LogP contribution in [-0.2, 0) is 11.3 Å². The zero-order valence-electron chi connectivity index (χ0n) is 11.7. The molecule has 0 aliphatic heterocycles. The van der Waals surface area contributed by atoms with Crippen molar-refractivity contribution in [3.63, 3.8) is 0 Å². The average molecular weight is 254 g/mol. The predicted molar refractivity (Wildman–Crippen MR) is 71.5 cm³/mol. The number of carbonyl (C=O) groups is 1. The minimum absolute atomic E-state index is 0.242. The van der Waals surface area contributed by atoms with Gasteiger partial charge in [0.05, 0.1) is 12.7 Å². The van der Waals surface area contributed by atoms with Gasteiger partial charge in [0.15, 0.2) is 0 Å². The minimum atomic E-state index is -0.455. The molecule has 0 unspecified atom stereocenters. The van der Waals surface area contributed by atoms with Crippen molar-refractivity contribution in [1.29, 1.82) is 0 Å². The number of aryl methyl sites for hydroxylation is 1. The first-order chi connectivity index (χ1) is 8.45. The quantitative estimate of drug-likeness (QED) is 0.491. The van der Waals surface area contributed by atoms with Gasteiger partial charge in [0.25, 0.3) is 0 Å². The fourth-order valence-corrected chi connectivity index (χ4v) is 1.46. The summed E-state index contributed by atoms with van der Waals surface area (Å²) in [5, 5.41) is 10.2. The molecule has 3 N–H and O–H groups in total. The van der Waals surface area contributed by atoms with Gasteiger partial charge in [0.1, 0.15) is 0 Å². The molecule has 0 aromatic heterocycles. The van der Waals surface area contributed by atoms with Gasteiger partial charge >= 0.3 is 5.97 Å². The molecule has 5 heteroatoms. The van der Waals surface area contributed by atoms with E-state index in [0.717, 1.165) is 10.6 Å². The minimum Gasteiger partial charge on any atom is -0.465 e. The summed E-state index contributed by atoms with van der Waals surface area (Å²) in [6.07, 6.45) is 0. The highest BCUT2D eigenvalue weighted by molar-refractivity contribution is 5.92. The summed E-state index contributed by atoms with van der Waals surface area (Å²) in [6.45, 7) is 6.09. The van der Waals surface area contributed by atoms with Gasteiger partial charge in [0.2, 0.25) is 0 Å². The Kier molecular flexibility index (Phi) is 7.00. The lowest BCUT2D eigenvalue weighted by Crippen LogP contribution is -2.16. The van der Waals surface area contributed by atoms with Gasteiger partial charge in [-0.05, 0) is 24.1 Å². The molecule has 102 valence electrons. The number of carbonyl (C=O) groups excluding carboxylic acids is 1. The van der Waals surface area contributed by atoms with Crippen LogP contribution in [-0.4, -0.2) is 30.4 Å². The number of methoxy groups -OCH3 is 1. The summed E-state index contributed by atoms with van der Waals surface area (Å²) in [6, 6.07) is 3.34. The van der Waals surface area contributed by atoms with Crippen molar-refractivity contribution in [2.24, 2.45) is 0 Å². The highest BCUT2D eigenvalue weighted by Gasteiger charge is 2.14. The van der Waals surface area contributed by atoms with Crippen molar-refractivity contribution in [2.75, 3.05) is 19.9 Å². The van der Waals surface area contributed by atoms with E-state index in [1.165, 1.54) is 14.2 Å². The van der Waals surface area contributed by atoms with Crippen molar-refractivity contribution < 1.29 is 14.7 Å². The van der Waals surface area contributed by atoms with Crippen LogP contribution in [0.3, 0.4) is 0 Å². The van der Waals surface area contributed by atoms with Crippen LogP contribution in [0.25, 0.3) is 0 Å². The van der Waals surface area contributed by atoms with E-state index in [1.807, 2.05) is 20.8 Å². The normalized spacial score (nSPS) is 9.72. The van der Waals surface area contributed by atoms with E-state index in [1.54, 1.807) is 12.1 Å². The van der Waals surface area contributed by atoms with Crippen LogP contribution in [0.5, 0.6) is 0 Å². The molecule has 0 aliphatic rings. The fraction of sp³-hybridized carbons (Fsp3) is 0.462. The van der Waals surface area contributed by atoms with Crippen LogP contribution < -0.4 is 5.73 Å². The summed E-state index contributed by atoms with van der Waals surface area (Å²) in [5.74, 6) is -0.455. The highest BCUT2D eigenvalue weighted by Crippen LogP contribution is 2.20.